The molecular formula is C16H18F3NO3. The number of carbonyl (C=O) groups is 2. The fourth-order valence-corrected chi connectivity index (χ4v) is 2.47. The summed E-state index contributed by atoms with van der Waals surface area (Å²) in [5.41, 5.74) is -0.684. The molecule has 1 atom stereocenters. The molecule has 126 valence electrons. The van der Waals surface area contributed by atoms with E-state index in [4.69, 9.17) is 4.74 Å². The number of benzene rings is 1. The van der Waals surface area contributed by atoms with Gasteiger partial charge in [-0.2, -0.15) is 13.2 Å². The highest BCUT2D eigenvalue weighted by atomic mass is 19.4. The Morgan fingerprint density at radius 2 is 1.96 bits per heavy atom. The number of hydrogen-bond acceptors (Lipinski definition) is 3. The van der Waals surface area contributed by atoms with Crippen molar-refractivity contribution in [2.75, 3.05) is 6.54 Å². The van der Waals surface area contributed by atoms with Gasteiger partial charge in [-0.3, -0.25) is 0 Å². The molecule has 0 aromatic heterocycles. The van der Waals surface area contributed by atoms with Crippen LogP contribution in [0.4, 0.5) is 18.0 Å². The fourth-order valence-electron chi connectivity index (χ4n) is 2.47. The van der Waals surface area contributed by atoms with Crippen LogP contribution in [0.1, 0.15) is 43.4 Å². The molecular weight excluding hydrogens is 311 g/mol. The summed E-state index contributed by atoms with van der Waals surface area (Å²) < 4.78 is 43.8. The predicted octanol–water partition coefficient (Wildman–Crippen LogP) is 3.74. The van der Waals surface area contributed by atoms with Gasteiger partial charge in [0.1, 0.15) is 11.9 Å². The van der Waals surface area contributed by atoms with Gasteiger partial charge < -0.3 is 14.4 Å². The minimum atomic E-state index is -4.47. The van der Waals surface area contributed by atoms with Crippen LogP contribution in [0.25, 0.3) is 0 Å². The maximum absolute atomic E-state index is 12.8. The predicted molar refractivity (Wildman–Crippen MR) is 76.9 cm³/mol. The second kappa shape index (κ2) is 5.86. The Morgan fingerprint density at radius 1 is 1.30 bits per heavy atom. The van der Waals surface area contributed by atoms with Crippen molar-refractivity contribution in [3.63, 3.8) is 0 Å². The quantitative estimate of drug-likeness (QED) is 0.738. The highest BCUT2D eigenvalue weighted by Crippen LogP contribution is 2.35. The number of fused-ring (bicyclic) bond motifs is 1. The van der Waals surface area contributed by atoms with E-state index in [-0.39, 0.29) is 13.1 Å². The van der Waals surface area contributed by atoms with Crippen LogP contribution in [-0.4, -0.2) is 29.4 Å². The molecule has 1 aromatic rings. The van der Waals surface area contributed by atoms with Gasteiger partial charge in [0, 0.05) is 13.1 Å². The molecule has 1 aliphatic rings. The van der Waals surface area contributed by atoms with Gasteiger partial charge in [0.15, 0.2) is 0 Å². The summed E-state index contributed by atoms with van der Waals surface area (Å²) >= 11 is 0. The summed E-state index contributed by atoms with van der Waals surface area (Å²) in [5, 5.41) is 0. The van der Waals surface area contributed by atoms with E-state index in [1.54, 1.807) is 20.8 Å². The number of aldehydes is 1. The SMILES string of the molecule is CC(C)(C)OC(=O)N1Cc2cc(C(F)(F)F)ccc2C(C=O)C1. The lowest BCUT2D eigenvalue weighted by molar-refractivity contribution is -0.137. The zero-order valence-corrected chi connectivity index (χ0v) is 13.1. The highest BCUT2D eigenvalue weighted by molar-refractivity contribution is 5.72. The van der Waals surface area contributed by atoms with Crippen molar-refractivity contribution in [1.29, 1.82) is 0 Å². The third-order valence-corrected chi connectivity index (χ3v) is 3.46. The first-order chi connectivity index (χ1) is 10.5. The molecule has 1 amide bonds. The van der Waals surface area contributed by atoms with E-state index in [2.05, 4.69) is 0 Å². The van der Waals surface area contributed by atoms with E-state index < -0.39 is 29.4 Å². The van der Waals surface area contributed by atoms with Crippen molar-refractivity contribution in [3.05, 3.63) is 34.9 Å². The molecule has 23 heavy (non-hydrogen) atoms. The van der Waals surface area contributed by atoms with E-state index in [1.807, 2.05) is 0 Å². The van der Waals surface area contributed by atoms with Crippen molar-refractivity contribution in [2.24, 2.45) is 0 Å². The number of halogens is 3. The number of carbonyl (C=O) groups excluding carboxylic acids is 2. The fraction of sp³-hybridized carbons (Fsp3) is 0.500. The van der Waals surface area contributed by atoms with Crippen LogP contribution in [0.15, 0.2) is 18.2 Å². The number of ether oxygens (including phenoxy) is 1. The smallest absolute Gasteiger partial charge is 0.416 e. The maximum atomic E-state index is 12.8. The average Bonchev–Trinajstić information content (AvgIpc) is 2.42. The van der Waals surface area contributed by atoms with Crippen LogP contribution in [0.2, 0.25) is 0 Å². The Balaban J connectivity index is 2.32. The molecule has 0 radical (unpaired) electrons. The van der Waals surface area contributed by atoms with E-state index in [9.17, 15) is 22.8 Å². The van der Waals surface area contributed by atoms with Gasteiger partial charge in [0.2, 0.25) is 0 Å². The number of hydrogen-bond donors (Lipinski definition) is 0. The van der Waals surface area contributed by atoms with Gasteiger partial charge in [-0.15, -0.1) is 0 Å². The molecule has 0 saturated heterocycles. The summed E-state index contributed by atoms with van der Waals surface area (Å²) in [7, 11) is 0. The van der Waals surface area contributed by atoms with E-state index in [0.29, 0.717) is 17.4 Å². The van der Waals surface area contributed by atoms with Crippen molar-refractivity contribution in [3.8, 4) is 0 Å². The first kappa shape index (κ1) is 17.3. The second-order valence-corrected chi connectivity index (χ2v) is 6.51. The molecule has 1 unspecified atom stereocenters. The summed E-state index contributed by atoms with van der Waals surface area (Å²) in [5.74, 6) is -0.659. The van der Waals surface area contributed by atoms with Crippen molar-refractivity contribution in [1.82, 2.24) is 4.90 Å². The Bertz CT molecular complexity index is 620. The van der Waals surface area contributed by atoms with E-state index >= 15 is 0 Å². The summed E-state index contributed by atoms with van der Waals surface area (Å²) in [6, 6.07) is 3.25. The first-order valence-electron chi connectivity index (χ1n) is 7.14. The van der Waals surface area contributed by atoms with Crippen LogP contribution in [0.5, 0.6) is 0 Å². The standard InChI is InChI=1S/C16H18F3NO3/c1-15(2,3)23-14(22)20-7-10-6-12(16(17,18)19)4-5-13(10)11(8-20)9-21/h4-6,9,11H,7-8H2,1-3H3. The molecule has 7 heteroatoms. The average molecular weight is 329 g/mol. The number of alkyl halides is 3. The molecule has 1 aromatic carbocycles. The Labute approximate surface area is 132 Å². The van der Waals surface area contributed by atoms with Crippen molar-refractivity contribution in [2.45, 2.75) is 45.0 Å². The lowest BCUT2D eigenvalue weighted by atomic mass is 9.89. The summed E-state index contributed by atoms with van der Waals surface area (Å²) in [6.07, 6.45) is -4.48. The van der Waals surface area contributed by atoms with Gasteiger partial charge in [0.05, 0.1) is 11.5 Å². The third kappa shape index (κ3) is 4.03. The van der Waals surface area contributed by atoms with Crippen molar-refractivity contribution >= 4 is 12.4 Å². The molecule has 1 aliphatic heterocycles. The third-order valence-electron chi connectivity index (χ3n) is 3.46. The lowest BCUT2D eigenvalue weighted by Gasteiger charge is -2.34. The number of nitrogens with zero attached hydrogens (tertiary/aromatic N) is 1. The molecule has 4 nitrogen and oxygen atoms in total. The highest BCUT2D eigenvalue weighted by Gasteiger charge is 2.35. The zero-order valence-electron chi connectivity index (χ0n) is 13.1. The minimum Gasteiger partial charge on any atom is -0.444 e. The topological polar surface area (TPSA) is 46.6 Å². The largest absolute Gasteiger partial charge is 0.444 e. The Kier molecular flexibility index (Phi) is 4.41. The van der Waals surface area contributed by atoms with Crippen LogP contribution < -0.4 is 0 Å². The normalized spacial score (nSPS) is 18.3. The Hall–Kier alpha value is -2.05. The molecule has 2 rings (SSSR count). The molecule has 1 heterocycles. The second-order valence-electron chi connectivity index (χ2n) is 6.51. The van der Waals surface area contributed by atoms with Crippen LogP contribution in [-0.2, 0) is 22.3 Å². The van der Waals surface area contributed by atoms with E-state index in [0.717, 1.165) is 12.1 Å². The molecule has 0 saturated carbocycles. The van der Waals surface area contributed by atoms with Gasteiger partial charge in [-0.1, -0.05) is 6.07 Å². The first-order valence-corrected chi connectivity index (χ1v) is 7.14. The zero-order chi connectivity index (χ0) is 17.4. The number of amides is 1. The molecule has 0 aliphatic carbocycles. The Morgan fingerprint density at radius 3 is 2.48 bits per heavy atom. The maximum Gasteiger partial charge on any atom is 0.416 e. The van der Waals surface area contributed by atoms with Crippen LogP contribution in [0.3, 0.4) is 0 Å². The molecule has 0 N–H and O–H groups in total. The number of rotatable bonds is 1. The van der Waals surface area contributed by atoms with E-state index in [1.165, 1.54) is 11.0 Å². The summed E-state index contributed by atoms with van der Waals surface area (Å²) in [4.78, 5) is 24.6. The van der Waals surface area contributed by atoms with Gasteiger partial charge >= 0.3 is 12.3 Å². The van der Waals surface area contributed by atoms with Crippen LogP contribution in [0, 0.1) is 0 Å². The van der Waals surface area contributed by atoms with Gasteiger partial charge in [-0.25, -0.2) is 4.79 Å². The van der Waals surface area contributed by atoms with Gasteiger partial charge in [0.25, 0.3) is 0 Å². The minimum absolute atomic E-state index is 0.0154. The molecule has 0 bridgehead atoms. The lowest BCUT2D eigenvalue weighted by Crippen LogP contribution is -2.42. The summed E-state index contributed by atoms with van der Waals surface area (Å²) in [6.45, 7) is 5.17. The van der Waals surface area contributed by atoms with Gasteiger partial charge in [-0.05, 0) is 44.0 Å². The van der Waals surface area contributed by atoms with Crippen LogP contribution >= 0.6 is 0 Å². The van der Waals surface area contributed by atoms with Crippen molar-refractivity contribution < 1.29 is 27.5 Å². The molecule has 0 fully saturated rings. The molecule has 0 spiro atoms. The monoisotopic (exact) mass is 329 g/mol.